The highest BCUT2D eigenvalue weighted by Gasteiger charge is 2.11. The van der Waals surface area contributed by atoms with Crippen molar-refractivity contribution in [1.82, 2.24) is 9.97 Å². The summed E-state index contributed by atoms with van der Waals surface area (Å²) in [5.74, 6) is 0. The predicted octanol–water partition coefficient (Wildman–Crippen LogP) is 3.47. The van der Waals surface area contributed by atoms with Gasteiger partial charge >= 0.3 is 0 Å². The van der Waals surface area contributed by atoms with Gasteiger partial charge in [-0.2, -0.15) is 0 Å². The number of nitrogens with one attached hydrogen (secondary N) is 1. The van der Waals surface area contributed by atoms with Crippen molar-refractivity contribution in [2.24, 2.45) is 0 Å². The van der Waals surface area contributed by atoms with Gasteiger partial charge in [0.15, 0.2) is 0 Å². The summed E-state index contributed by atoms with van der Waals surface area (Å²) >= 11 is 0. The Labute approximate surface area is 90.7 Å². The van der Waals surface area contributed by atoms with Gasteiger partial charge in [0.05, 0.1) is 0 Å². The molecule has 2 nitrogen and oxygen atoms in total. The molecule has 0 saturated carbocycles. The lowest BCUT2D eigenvalue weighted by Crippen LogP contribution is -2.04. The summed E-state index contributed by atoms with van der Waals surface area (Å²) in [6, 6.07) is 4.38. The monoisotopic (exact) mass is 202 g/mol. The van der Waals surface area contributed by atoms with E-state index >= 15 is 0 Å². The first kappa shape index (κ1) is 10.2. The van der Waals surface area contributed by atoms with Crippen molar-refractivity contribution in [1.29, 1.82) is 0 Å². The molecule has 0 aliphatic heterocycles. The predicted molar refractivity (Wildman–Crippen MR) is 64.1 cm³/mol. The molecule has 2 heterocycles. The topological polar surface area (TPSA) is 28.7 Å². The van der Waals surface area contributed by atoms with E-state index in [9.17, 15) is 0 Å². The van der Waals surface area contributed by atoms with Gasteiger partial charge in [-0.05, 0) is 43.4 Å². The second-order valence-corrected chi connectivity index (χ2v) is 3.72. The zero-order valence-corrected chi connectivity index (χ0v) is 9.51. The van der Waals surface area contributed by atoms with E-state index < -0.39 is 0 Å². The third-order valence-corrected chi connectivity index (χ3v) is 2.81. The van der Waals surface area contributed by atoms with Crippen molar-refractivity contribution in [2.75, 3.05) is 0 Å². The molecule has 0 saturated heterocycles. The third-order valence-electron chi connectivity index (χ3n) is 2.81. The molecule has 1 aliphatic carbocycles. The molecule has 2 aromatic rings. The van der Waals surface area contributed by atoms with E-state index in [1.54, 1.807) is 0 Å². The molecule has 15 heavy (non-hydrogen) atoms. The summed E-state index contributed by atoms with van der Waals surface area (Å²) in [5.41, 5.74) is 3.81. The molecule has 0 bridgehead atoms. The molecule has 0 amide bonds. The van der Waals surface area contributed by atoms with Crippen molar-refractivity contribution in [3.05, 3.63) is 29.6 Å². The van der Waals surface area contributed by atoms with Crippen LogP contribution in [0.4, 0.5) is 0 Å². The molecule has 1 aliphatic rings. The van der Waals surface area contributed by atoms with Gasteiger partial charge in [0.1, 0.15) is 5.65 Å². The summed E-state index contributed by atoms with van der Waals surface area (Å²) in [6.45, 7) is 4.00. The fourth-order valence-electron chi connectivity index (χ4n) is 2.10. The number of H-pyrrole nitrogens is 1. The molecule has 2 aromatic heterocycles. The smallest absolute Gasteiger partial charge is 0.137 e. The van der Waals surface area contributed by atoms with E-state index in [0.717, 1.165) is 12.1 Å². The molecule has 2 heteroatoms. The first-order valence-electron chi connectivity index (χ1n) is 5.89. The Hall–Kier alpha value is -1.31. The van der Waals surface area contributed by atoms with Crippen molar-refractivity contribution in [2.45, 2.75) is 39.5 Å². The number of aromatic nitrogens is 2. The fraction of sp³-hybridized carbons (Fsp3) is 0.462. The molecular weight excluding hydrogens is 184 g/mol. The van der Waals surface area contributed by atoms with Gasteiger partial charge in [0.25, 0.3) is 0 Å². The van der Waals surface area contributed by atoms with Gasteiger partial charge in [-0.3, -0.25) is 0 Å². The summed E-state index contributed by atoms with van der Waals surface area (Å²) < 4.78 is 0. The lowest BCUT2D eigenvalue weighted by atomic mass is 9.96. The van der Waals surface area contributed by atoms with Crippen LogP contribution in [0.1, 0.15) is 37.9 Å². The molecule has 0 aromatic carbocycles. The molecule has 80 valence electrons. The van der Waals surface area contributed by atoms with Gasteiger partial charge in [-0.15, -0.1) is 0 Å². The Balaban J connectivity index is 0.000000404. The Morgan fingerprint density at radius 1 is 1.20 bits per heavy atom. The summed E-state index contributed by atoms with van der Waals surface area (Å²) in [5, 5.41) is 1.25. The van der Waals surface area contributed by atoms with E-state index in [2.05, 4.69) is 22.1 Å². The quantitative estimate of drug-likeness (QED) is 0.696. The van der Waals surface area contributed by atoms with Gasteiger partial charge in [0.2, 0.25) is 0 Å². The fourth-order valence-corrected chi connectivity index (χ4v) is 2.10. The van der Waals surface area contributed by atoms with Gasteiger partial charge in [0, 0.05) is 17.3 Å². The minimum Gasteiger partial charge on any atom is -0.346 e. The summed E-state index contributed by atoms with van der Waals surface area (Å²) in [4.78, 5) is 7.78. The van der Waals surface area contributed by atoms with Crippen molar-refractivity contribution in [3.8, 4) is 0 Å². The van der Waals surface area contributed by atoms with E-state index in [1.165, 1.54) is 35.9 Å². The summed E-state index contributed by atoms with van der Waals surface area (Å²) in [6.07, 6.45) is 6.95. The normalized spacial score (nSPS) is 14.3. The zero-order chi connectivity index (χ0) is 10.7. The highest BCUT2D eigenvalue weighted by molar-refractivity contribution is 5.76. The van der Waals surface area contributed by atoms with Crippen LogP contribution in [0.5, 0.6) is 0 Å². The van der Waals surface area contributed by atoms with Crippen LogP contribution in [0.3, 0.4) is 0 Å². The number of hydrogen-bond acceptors (Lipinski definition) is 1. The molecule has 0 radical (unpaired) electrons. The lowest BCUT2D eigenvalue weighted by Gasteiger charge is -2.13. The molecule has 1 N–H and O–H groups in total. The van der Waals surface area contributed by atoms with Crippen LogP contribution in [0.2, 0.25) is 0 Å². The maximum atomic E-state index is 4.62. The van der Waals surface area contributed by atoms with Crippen LogP contribution in [0.15, 0.2) is 18.3 Å². The second kappa shape index (κ2) is 4.47. The van der Waals surface area contributed by atoms with E-state index in [-0.39, 0.29) is 0 Å². The number of pyridine rings is 1. The number of aromatic amines is 1. The molecule has 0 spiro atoms. The first-order valence-corrected chi connectivity index (χ1v) is 5.89. The van der Waals surface area contributed by atoms with E-state index in [0.29, 0.717) is 0 Å². The molecule has 0 atom stereocenters. The minimum absolute atomic E-state index is 1.04. The third kappa shape index (κ3) is 1.89. The average Bonchev–Trinajstić information content (AvgIpc) is 2.75. The number of rotatable bonds is 0. The number of fused-ring (bicyclic) bond motifs is 2. The van der Waals surface area contributed by atoms with Gasteiger partial charge in [-0.25, -0.2) is 4.98 Å². The molecule has 0 unspecified atom stereocenters. The number of nitrogens with zero attached hydrogens (tertiary/aromatic N) is 1. The van der Waals surface area contributed by atoms with E-state index in [4.69, 9.17) is 0 Å². The second-order valence-electron chi connectivity index (χ2n) is 3.72. The Bertz CT molecular complexity index is 403. The molecule has 0 fully saturated rings. The van der Waals surface area contributed by atoms with Gasteiger partial charge < -0.3 is 4.98 Å². The van der Waals surface area contributed by atoms with Crippen LogP contribution in [-0.2, 0) is 12.8 Å². The Kier molecular flexibility index (Phi) is 3.05. The zero-order valence-electron chi connectivity index (χ0n) is 9.51. The maximum Gasteiger partial charge on any atom is 0.137 e. The average molecular weight is 202 g/mol. The molecular formula is C13H18N2. The maximum absolute atomic E-state index is 4.62. The van der Waals surface area contributed by atoms with Gasteiger partial charge in [-0.1, -0.05) is 13.8 Å². The summed E-state index contributed by atoms with van der Waals surface area (Å²) in [7, 11) is 0. The Morgan fingerprint density at radius 3 is 2.87 bits per heavy atom. The number of hydrogen-bond donors (Lipinski definition) is 1. The SMILES string of the molecule is CC.c1cc2cc3c(nc2[nH]1)CCCC3. The first-order chi connectivity index (χ1) is 7.43. The largest absolute Gasteiger partial charge is 0.346 e. The van der Waals surface area contributed by atoms with Crippen LogP contribution in [0.25, 0.3) is 11.0 Å². The minimum atomic E-state index is 1.04. The standard InChI is InChI=1S/C11H12N2.C2H6/c1-2-4-10-8(3-1)7-9-5-6-12-11(9)13-10;1-2/h5-7H,1-4H2,(H,12,13);1-2H3. The van der Waals surface area contributed by atoms with Crippen molar-refractivity contribution in [3.63, 3.8) is 0 Å². The van der Waals surface area contributed by atoms with Crippen LogP contribution in [-0.4, -0.2) is 9.97 Å². The lowest BCUT2D eigenvalue weighted by molar-refractivity contribution is 0.671. The molecule has 3 rings (SSSR count). The number of aryl methyl sites for hydroxylation is 2. The van der Waals surface area contributed by atoms with Crippen molar-refractivity contribution < 1.29 is 0 Å². The van der Waals surface area contributed by atoms with Crippen LogP contribution in [0, 0.1) is 0 Å². The van der Waals surface area contributed by atoms with Crippen LogP contribution >= 0.6 is 0 Å². The highest BCUT2D eigenvalue weighted by Crippen LogP contribution is 2.22. The van der Waals surface area contributed by atoms with Crippen LogP contribution < -0.4 is 0 Å². The Morgan fingerprint density at radius 2 is 2.00 bits per heavy atom. The van der Waals surface area contributed by atoms with Crippen molar-refractivity contribution >= 4 is 11.0 Å². The highest BCUT2D eigenvalue weighted by atomic mass is 14.9. The van der Waals surface area contributed by atoms with E-state index in [1.807, 2.05) is 20.0 Å².